The number of amides is 2. The van der Waals surface area contributed by atoms with Crippen LogP contribution in [0, 0.1) is 0 Å². The van der Waals surface area contributed by atoms with Crippen molar-refractivity contribution in [2.75, 3.05) is 7.05 Å². The van der Waals surface area contributed by atoms with Crippen molar-refractivity contribution in [2.24, 2.45) is 0 Å². The van der Waals surface area contributed by atoms with Gasteiger partial charge in [-0.05, 0) is 31.2 Å². The first-order chi connectivity index (χ1) is 14.4. The normalized spacial score (nSPS) is 12.7. The summed E-state index contributed by atoms with van der Waals surface area (Å²) < 4.78 is 0. The fourth-order valence-electron chi connectivity index (χ4n) is 3.25. The van der Waals surface area contributed by atoms with Crippen molar-refractivity contribution < 1.29 is 19.6 Å². The molecule has 1 unspecified atom stereocenters. The molecule has 160 valence electrons. The summed E-state index contributed by atoms with van der Waals surface area (Å²) in [6.07, 6.45) is 7.20. The molecule has 30 heavy (non-hydrogen) atoms. The number of nitrogens with one attached hydrogen (secondary N) is 1. The number of carbonyl (C=O) groups excluding carboxylic acids is 2. The first-order valence-corrected chi connectivity index (χ1v) is 10.2. The summed E-state index contributed by atoms with van der Waals surface area (Å²) in [6, 6.07) is 9.11. The number of likely N-dealkylation sites (N-methyl/N-ethyl adjacent to an activating group) is 1. The van der Waals surface area contributed by atoms with Crippen molar-refractivity contribution in [1.29, 1.82) is 0 Å². The van der Waals surface area contributed by atoms with Gasteiger partial charge in [0.2, 0.25) is 5.91 Å². The zero-order valence-corrected chi connectivity index (χ0v) is 17.4. The molecule has 0 bridgehead atoms. The maximum absolute atomic E-state index is 12.9. The van der Waals surface area contributed by atoms with Crippen LogP contribution in [0.4, 0.5) is 0 Å². The lowest BCUT2D eigenvalue weighted by Gasteiger charge is -2.29. The quantitative estimate of drug-likeness (QED) is 0.479. The molecule has 2 atom stereocenters. The van der Waals surface area contributed by atoms with Gasteiger partial charge in [0.1, 0.15) is 11.7 Å². The number of hydrogen-bond acceptors (Lipinski definition) is 6. The smallest absolute Gasteiger partial charge is 0.426 e. The molecule has 9 heteroatoms. The van der Waals surface area contributed by atoms with E-state index in [1.54, 1.807) is 0 Å². The van der Waals surface area contributed by atoms with Gasteiger partial charge in [0.25, 0.3) is 5.91 Å². The van der Waals surface area contributed by atoms with Gasteiger partial charge in [0, 0.05) is 19.4 Å². The van der Waals surface area contributed by atoms with Crippen LogP contribution < -0.4 is 5.32 Å². The van der Waals surface area contributed by atoms with E-state index in [2.05, 4.69) is 15.3 Å². The highest BCUT2D eigenvalue weighted by Crippen LogP contribution is 2.12. The summed E-state index contributed by atoms with van der Waals surface area (Å²) in [5.41, 5.74) is 1.30. The third kappa shape index (κ3) is 6.93. The summed E-state index contributed by atoms with van der Waals surface area (Å²) in [7, 11) is -0.149. The molecular formula is C21H29BN4O4. The largest absolute Gasteiger partial charge is 0.475 e. The van der Waals surface area contributed by atoms with E-state index in [-0.39, 0.29) is 5.69 Å². The molecule has 1 heterocycles. The lowest BCUT2D eigenvalue weighted by atomic mass is 9.76. The zero-order valence-electron chi connectivity index (χ0n) is 17.4. The number of benzene rings is 1. The van der Waals surface area contributed by atoms with Gasteiger partial charge in [-0.15, -0.1) is 0 Å². The zero-order chi connectivity index (χ0) is 21.9. The van der Waals surface area contributed by atoms with E-state index >= 15 is 0 Å². The molecule has 0 fully saturated rings. The SMILES string of the molecule is CCCC(C(=O)N[C@@H](CCCc1ccccc1)B(O)O)N(C)C(=O)c1cnccn1. The fraction of sp³-hybridized carbons (Fsp3) is 0.429. The van der Waals surface area contributed by atoms with E-state index in [1.165, 1.54) is 30.5 Å². The average molecular weight is 412 g/mol. The first kappa shape index (κ1) is 23.5. The second-order valence-electron chi connectivity index (χ2n) is 7.22. The summed E-state index contributed by atoms with van der Waals surface area (Å²) in [4.78, 5) is 34.8. The van der Waals surface area contributed by atoms with E-state index in [0.717, 1.165) is 12.0 Å². The molecule has 2 amide bonds. The summed E-state index contributed by atoms with van der Waals surface area (Å²) in [5.74, 6) is -1.66. The molecule has 0 radical (unpaired) electrons. The average Bonchev–Trinajstić information content (AvgIpc) is 2.76. The molecule has 0 aliphatic carbocycles. The van der Waals surface area contributed by atoms with Crippen LogP contribution in [-0.4, -0.2) is 62.9 Å². The van der Waals surface area contributed by atoms with Crippen molar-refractivity contribution in [1.82, 2.24) is 20.2 Å². The Kier molecular flexibility index (Phi) is 9.43. The third-order valence-electron chi connectivity index (χ3n) is 4.95. The van der Waals surface area contributed by atoms with Crippen LogP contribution >= 0.6 is 0 Å². The number of rotatable bonds is 11. The lowest BCUT2D eigenvalue weighted by Crippen LogP contribution is -2.54. The van der Waals surface area contributed by atoms with E-state index in [0.29, 0.717) is 25.7 Å². The van der Waals surface area contributed by atoms with Gasteiger partial charge >= 0.3 is 7.12 Å². The Morgan fingerprint density at radius 1 is 1.17 bits per heavy atom. The maximum atomic E-state index is 12.9. The molecule has 0 aliphatic heterocycles. The van der Waals surface area contributed by atoms with Gasteiger partial charge in [0.05, 0.1) is 12.1 Å². The topological polar surface area (TPSA) is 116 Å². The van der Waals surface area contributed by atoms with Crippen molar-refractivity contribution in [3.05, 3.63) is 60.2 Å². The fourth-order valence-corrected chi connectivity index (χ4v) is 3.25. The Labute approximate surface area is 177 Å². The van der Waals surface area contributed by atoms with E-state index < -0.39 is 30.9 Å². The molecule has 1 aromatic carbocycles. The van der Waals surface area contributed by atoms with E-state index in [9.17, 15) is 19.6 Å². The summed E-state index contributed by atoms with van der Waals surface area (Å²) >= 11 is 0. The van der Waals surface area contributed by atoms with Crippen molar-refractivity contribution in [3.63, 3.8) is 0 Å². The van der Waals surface area contributed by atoms with Crippen LogP contribution in [0.15, 0.2) is 48.9 Å². The molecule has 0 aliphatic rings. The van der Waals surface area contributed by atoms with Gasteiger partial charge in [0.15, 0.2) is 0 Å². The predicted octanol–water partition coefficient (Wildman–Crippen LogP) is 1.24. The Morgan fingerprint density at radius 3 is 2.50 bits per heavy atom. The van der Waals surface area contributed by atoms with Crippen molar-refractivity contribution >= 4 is 18.9 Å². The van der Waals surface area contributed by atoms with Gasteiger partial charge in [-0.25, -0.2) is 4.98 Å². The number of carbonyl (C=O) groups is 2. The van der Waals surface area contributed by atoms with E-state index in [4.69, 9.17) is 0 Å². The number of hydrogen-bond donors (Lipinski definition) is 3. The highest BCUT2D eigenvalue weighted by atomic mass is 16.4. The molecule has 2 aromatic rings. The molecule has 2 rings (SSSR count). The number of nitrogens with zero attached hydrogens (tertiary/aromatic N) is 3. The van der Waals surface area contributed by atoms with Crippen LogP contribution in [0.3, 0.4) is 0 Å². The van der Waals surface area contributed by atoms with Gasteiger partial charge < -0.3 is 20.3 Å². The Bertz CT molecular complexity index is 792. The molecular weight excluding hydrogens is 383 g/mol. The standard InChI is InChI=1S/C21H29BN4O4/c1-3-8-18(26(2)21(28)17-15-23-13-14-24-17)20(27)25-19(22(29)30)12-7-11-16-9-5-4-6-10-16/h4-6,9-10,13-15,18-19,29-30H,3,7-8,11-12H2,1-2H3,(H,25,27)/t18?,19-/m0/s1. The second kappa shape index (κ2) is 12.0. The molecule has 3 N–H and O–H groups in total. The summed E-state index contributed by atoms with van der Waals surface area (Å²) in [5, 5.41) is 22.2. The van der Waals surface area contributed by atoms with Gasteiger partial charge in [-0.1, -0.05) is 43.7 Å². The summed E-state index contributed by atoms with van der Waals surface area (Å²) in [6.45, 7) is 1.92. The van der Waals surface area contributed by atoms with Crippen LogP contribution in [-0.2, 0) is 11.2 Å². The second-order valence-corrected chi connectivity index (χ2v) is 7.22. The lowest BCUT2D eigenvalue weighted by molar-refractivity contribution is -0.126. The molecule has 8 nitrogen and oxygen atoms in total. The van der Waals surface area contributed by atoms with E-state index in [1.807, 2.05) is 37.3 Å². The number of aromatic nitrogens is 2. The molecule has 1 aromatic heterocycles. The van der Waals surface area contributed by atoms with Crippen molar-refractivity contribution in [3.8, 4) is 0 Å². The van der Waals surface area contributed by atoms with Crippen LogP contribution in [0.5, 0.6) is 0 Å². The van der Waals surface area contributed by atoms with Gasteiger partial charge in [-0.2, -0.15) is 0 Å². The Balaban J connectivity index is 2.00. The predicted molar refractivity (Wildman–Crippen MR) is 114 cm³/mol. The van der Waals surface area contributed by atoms with Gasteiger partial charge in [-0.3, -0.25) is 14.6 Å². The third-order valence-corrected chi connectivity index (χ3v) is 4.95. The first-order valence-electron chi connectivity index (χ1n) is 10.2. The maximum Gasteiger partial charge on any atom is 0.475 e. The Hall–Kier alpha value is -2.78. The molecule has 0 saturated carbocycles. The number of aryl methyl sites for hydroxylation is 1. The van der Waals surface area contributed by atoms with Crippen LogP contribution in [0.1, 0.15) is 48.7 Å². The minimum atomic E-state index is -1.69. The van der Waals surface area contributed by atoms with Crippen LogP contribution in [0.25, 0.3) is 0 Å². The molecule has 0 saturated heterocycles. The monoisotopic (exact) mass is 412 g/mol. The highest BCUT2D eigenvalue weighted by molar-refractivity contribution is 6.43. The minimum absolute atomic E-state index is 0.149. The highest BCUT2D eigenvalue weighted by Gasteiger charge is 2.32. The molecule has 0 spiro atoms. The van der Waals surface area contributed by atoms with Crippen molar-refractivity contribution in [2.45, 2.75) is 51.0 Å². The van der Waals surface area contributed by atoms with Crippen LogP contribution in [0.2, 0.25) is 0 Å². The minimum Gasteiger partial charge on any atom is -0.426 e. The Morgan fingerprint density at radius 2 is 1.90 bits per heavy atom.